The van der Waals surface area contributed by atoms with Crippen LogP contribution in [-0.2, 0) is 9.59 Å². The fraction of sp³-hybridized carbons (Fsp3) is 0.467. The van der Waals surface area contributed by atoms with Gasteiger partial charge >= 0.3 is 5.97 Å². The SMILES string of the molecule is CCC(NC(=O)CC(C)(C)C(=O)O)c1ccc(Cl)cc1. The van der Waals surface area contributed by atoms with Crippen molar-refractivity contribution in [2.24, 2.45) is 5.41 Å². The minimum Gasteiger partial charge on any atom is -0.481 e. The highest BCUT2D eigenvalue weighted by Gasteiger charge is 2.30. The van der Waals surface area contributed by atoms with E-state index in [1.807, 2.05) is 19.1 Å². The lowest BCUT2D eigenvalue weighted by Gasteiger charge is -2.22. The van der Waals surface area contributed by atoms with E-state index in [1.165, 1.54) is 13.8 Å². The summed E-state index contributed by atoms with van der Waals surface area (Å²) in [4.78, 5) is 23.0. The maximum absolute atomic E-state index is 12.0. The fourth-order valence-corrected chi connectivity index (χ4v) is 1.96. The Labute approximate surface area is 124 Å². The zero-order valence-corrected chi connectivity index (χ0v) is 12.7. The molecular formula is C15H20ClNO3. The van der Waals surface area contributed by atoms with Crippen LogP contribution in [0.1, 0.15) is 45.2 Å². The number of benzene rings is 1. The number of halogens is 1. The lowest BCUT2D eigenvalue weighted by Crippen LogP contribution is -2.35. The van der Waals surface area contributed by atoms with Gasteiger partial charge in [-0.1, -0.05) is 30.7 Å². The van der Waals surface area contributed by atoms with Crippen molar-refractivity contribution in [1.29, 1.82) is 0 Å². The molecule has 1 rings (SSSR count). The number of carbonyl (C=O) groups is 2. The van der Waals surface area contributed by atoms with Crippen molar-refractivity contribution in [1.82, 2.24) is 5.32 Å². The third-order valence-corrected chi connectivity index (χ3v) is 3.45. The molecule has 0 heterocycles. The number of nitrogens with one attached hydrogen (secondary N) is 1. The van der Waals surface area contributed by atoms with Crippen molar-refractivity contribution in [3.05, 3.63) is 34.9 Å². The smallest absolute Gasteiger partial charge is 0.309 e. The van der Waals surface area contributed by atoms with Gasteiger partial charge in [0, 0.05) is 11.4 Å². The molecule has 1 atom stereocenters. The Balaban J connectivity index is 2.72. The number of carboxylic acid groups (broad SMARTS) is 1. The number of carbonyl (C=O) groups excluding carboxylic acids is 1. The summed E-state index contributed by atoms with van der Waals surface area (Å²) >= 11 is 5.83. The first kappa shape index (κ1) is 16.5. The summed E-state index contributed by atoms with van der Waals surface area (Å²) in [5.74, 6) is -1.24. The topological polar surface area (TPSA) is 66.4 Å². The molecule has 0 bridgehead atoms. The second-order valence-corrected chi connectivity index (χ2v) is 5.88. The van der Waals surface area contributed by atoms with Crippen LogP contribution in [0.15, 0.2) is 24.3 Å². The summed E-state index contributed by atoms with van der Waals surface area (Å²) in [6, 6.07) is 7.13. The molecular weight excluding hydrogens is 278 g/mol. The van der Waals surface area contributed by atoms with E-state index in [-0.39, 0.29) is 18.4 Å². The molecule has 0 aliphatic heterocycles. The van der Waals surface area contributed by atoms with Gasteiger partial charge in [0.2, 0.25) is 5.91 Å². The van der Waals surface area contributed by atoms with Gasteiger partial charge in [0.25, 0.3) is 0 Å². The monoisotopic (exact) mass is 297 g/mol. The predicted octanol–water partition coefficient (Wildman–Crippen LogP) is 3.41. The van der Waals surface area contributed by atoms with E-state index < -0.39 is 11.4 Å². The number of hydrogen-bond donors (Lipinski definition) is 2. The molecule has 5 heteroatoms. The molecule has 0 aliphatic carbocycles. The molecule has 0 spiro atoms. The van der Waals surface area contributed by atoms with Crippen molar-refractivity contribution in [3.63, 3.8) is 0 Å². The minimum atomic E-state index is -1.07. The maximum atomic E-state index is 12.0. The first-order valence-corrected chi connectivity index (χ1v) is 6.92. The van der Waals surface area contributed by atoms with Gasteiger partial charge in [-0.2, -0.15) is 0 Å². The number of rotatable bonds is 6. The van der Waals surface area contributed by atoms with Crippen molar-refractivity contribution < 1.29 is 14.7 Å². The first-order chi connectivity index (χ1) is 9.26. The minimum absolute atomic E-state index is 0.0492. The summed E-state index contributed by atoms with van der Waals surface area (Å²) in [5, 5.41) is 12.5. The molecule has 0 saturated carbocycles. The molecule has 0 aromatic heterocycles. The average molecular weight is 298 g/mol. The van der Waals surface area contributed by atoms with Crippen LogP contribution < -0.4 is 5.32 Å². The second-order valence-electron chi connectivity index (χ2n) is 5.45. The van der Waals surface area contributed by atoms with E-state index in [0.29, 0.717) is 5.02 Å². The largest absolute Gasteiger partial charge is 0.481 e. The van der Waals surface area contributed by atoms with E-state index in [0.717, 1.165) is 12.0 Å². The average Bonchev–Trinajstić information content (AvgIpc) is 2.36. The summed E-state index contributed by atoms with van der Waals surface area (Å²) in [7, 11) is 0. The van der Waals surface area contributed by atoms with Crippen molar-refractivity contribution >= 4 is 23.5 Å². The van der Waals surface area contributed by atoms with E-state index in [9.17, 15) is 9.59 Å². The Morgan fingerprint density at radius 1 is 1.30 bits per heavy atom. The van der Waals surface area contributed by atoms with Crippen LogP contribution in [0.5, 0.6) is 0 Å². The maximum Gasteiger partial charge on any atom is 0.309 e. The quantitative estimate of drug-likeness (QED) is 0.845. The summed E-state index contributed by atoms with van der Waals surface area (Å²) in [5.41, 5.74) is -0.110. The summed E-state index contributed by atoms with van der Waals surface area (Å²) in [6.07, 6.45) is 0.674. The van der Waals surface area contributed by atoms with Crippen LogP contribution in [0.4, 0.5) is 0 Å². The van der Waals surface area contributed by atoms with Gasteiger partial charge in [0.15, 0.2) is 0 Å². The van der Waals surface area contributed by atoms with Crippen LogP contribution in [0, 0.1) is 5.41 Å². The van der Waals surface area contributed by atoms with Crippen molar-refractivity contribution in [3.8, 4) is 0 Å². The molecule has 1 aromatic carbocycles. The van der Waals surface area contributed by atoms with Gasteiger partial charge in [-0.05, 0) is 38.0 Å². The Kier molecular flexibility index (Phi) is 5.57. The van der Waals surface area contributed by atoms with Gasteiger partial charge in [-0.15, -0.1) is 0 Å². The normalized spacial score (nSPS) is 12.8. The van der Waals surface area contributed by atoms with E-state index >= 15 is 0 Å². The molecule has 0 fully saturated rings. The number of aliphatic carboxylic acids is 1. The second kappa shape index (κ2) is 6.75. The predicted molar refractivity (Wildman–Crippen MR) is 78.7 cm³/mol. The lowest BCUT2D eigenvalue weighted by atomic mass is 9.89. The first-order valence-electron chi connectivity index (χ1n) is 6.54. The number of hydrogen-bond acceptors (Lipinski definition) is 2. The number of carboxylic acids is 1. The van der Waals surface area contributed by atoms with Crippen LogP contribution >= 0.6 is 11.6 Å². The molecule has 0 aliphatic rings. The standard InChI is InChI=1S/C15H20ClNO3/c1-4-12(10-5-7-11(16)8-6-10)17-13(18)9-15(2,3)14(19)20/h5-8,12H,4,9H2,1-3H3,(H,17,18)(H,19,20). The van der Waals surface area contributed by atoms with Crippen molar-refractivity contribution in [2.75, 3.05) is 0 Å². The van der Waals surface area contributed by atoms with Crippen LogP contribution in [0.2, 0.25) is 5.02 Å². The highest BCUT2D eigenvalue weighted by molar-refractivity contribution is 6.30. The molecule has 1 aromatic rings. The third kappa shape index (κ3) is 4.53. The van der Waals surface area contributed by atoms with Crippen LogP contribution in [0.25, 0.3) is 0 Å². The highest BCUT2D eigenvalue weighted by Crippen LogP contribution is 2.23. The zero-order chi connectivity index (χ0) is 15.3. The number of amides is 1. The Morgan fingerprint density at radius 2 is 1.85 bits per heavy atom. The summed E-state index contributed by atoms with van der Waals surface area (Å²) in [6.45, 7) is 5.04. The Bertz CT molecular complexity index is 482. The molecule has 1 unspecified atom stereocenters. The summed E-state index contributed by atoms with van der Waals surface area (Å²) < 4.78 is 0. The molecule has 2 N–H and O–H groups in total. The Morgan fingerprint density at radius 3 is 2.30 bits per heavy atom. The van der Waals surface area contributed by atoms with E-state index in [2.05, 4.69) is 5.32 Å². The molecule has 0 radical (unpaired) electrons. The van der Waals surface area contributed by atoms with Gasteiger partial charge in [0.05, 0.1) is 11.5 Å². The van der Waals surface area contributed by atoms with Crippen LogP contribution in [0.3, 0.4) is 0 Å². The third-order valence-electron chi connectivity index (χ3n) is 3.20. The van der Waals surface area contributed by atoms with Gasteiger partial charge in [-0.3, -0.25) is 9.59 Å². The van der Waals surface area contributed by atoms with Crippen molar-refractivity contribution in [2.45, 2.75) is 39.7 Å². The zero-order valence-electron chi connectivity index (χ0n) is 11.9. The Hall–Kier alpha value is -1.55. The van der Waals surface area contributed by atoms with Crippen LogP contribution in [-0.4, -0.2) is 17.0 Å². The van der Waals surface area contributed by atoms with Gasteiger partial charge in [-0.25, -0.2) is 0 Å². The molecule has 0 saturated heterocycles. The van der Waals surface area contributed by atoms with Gasteiger partial charge < -0.3 is 10.4 Å². The molecule has 20 heavy (non-hydrogen) atoms. The molecule has 1 amide bonds. The highest BCUT2D eigenvalue weighted by atomic mass is 35.5. The molecule has 110 valence electrons. The van der Waals surface area contributed by atoms with Gasteiger partial charge in [0.1, 0.15) is 0 Å². The lowest BCUT2D eigenvalue weighted by molar-refractivity contribution is -0.149. The molecule has 4 nitrogen and oxygen atoms in total. The van der Waals surface area contributed by atoms with E-state index in [4.69, 9.17) is 16.7 Å². The van der Waals surface area contributed by atoms with E-state index in [1.54, 1.807) is 12.1 Å². The fourth-order valence-electron chi connectivity index (χ4n) is 1.84.